The first kappa shape index (κ1) is 29.0. The van der Waals surface area contributed by atoms with E-state index in [0.717, 1.165) is 21.3 Å². The molecule has 200 valence electrons. The average Bonchev–Trinajstić information content (AvgIpc) is 3.00. The van der Waals surface area contributed by atoms with Crippen molar-refractivity contribution >= 4 is 48.0 Å². The van der Waals surface area contributed by atoms with E-state index in [4.69, 9.17) is 18.9 Å². The summed E-state index contributed by atoms with van der Waals surface area (Å²) in [4.78, 5) is 53.8. The van der Waals surface area contributed by atoms with Gasteiger partial charge in [0.05, 0.1) is 50.5 Å². The molecule has 39 heavy (non-hydrogen) atoms. The first-order chi connectivity index (χ1) is 18.9. The van der Waals surface area contributed by atoms with Gasteiger partial charge in [-0.05, 0) is 24.1 Å². The Morgan fingerprint density at radius 2 is 0.872 bits per heavy atom. The molecule has 9 heteroatoms. The van der Waals surface area contributed by atoms with Gasteiger partial charge in [0.2, 0.25) is 0 Å². The number of carbonyl (C=O) groups excluding carboxylic acids is 4. The zero-order valence-corrected chi connectivity index (χ0v) is 22.8. The lowest BCUT2D eigenvalue weighted by Gasteiger charge is -2.24. The molecule has 0 spiro atoms. The molecule has 0 radical (unpaired) electrons. The smallest absolute Gasteiger partial charge is 0.339 e. The van der Waals surface area contributed by atoms with Gasteiger partial charge in [-0.15, -0.1) is 0 Å². The second-order valence-corrected chi connectivity index (χ2v) is 9.96. The Morgan fingerprint density at radius 3 is 1.28 bits per heavy atom. The Labute approximate surface area is 227 Å². The summed E-state index contributed by atoms with van der Waals surface area (Å²) in [7, 11) is 2.72. The van der Waals surface area contributed by atoms with E-state index < -0.39 is 42.9 Å². The number of esters is 4. The molecule has 3 rings (SSSR count). The monoisotopic (exact) mass is 546 g/mol. The molecule has 0 aliphatic rings. The van der Waals surface area contributed by atoms with E-state index in [1.807, 2.05) is 12.1 Å². The van der Waals surface area contributed by atoms with E-state index in [9.17, 15) is 19.2 Å². The van der Waals surface area contributed by atoms with Crippen LogP contribution in [0, 0.1) is 0 Å². The fourth-order valence-electron chi connectivity index (χ4n) is 3.88. The summed E-state index contributed by atoms with van der Waals surface area (Å²) < 4.78 is 20.3. The standard InChI is InChI=1S/C30H27O8P/c1-35-27(31)23(20-14-8-5-9-15-20)24(28(32)36-2)25(29(33)37-3)26(30(34)38-4)39(21-16-10-6-11-17-21)22-18-12-7-13-19-22/h5-19H,1-4H3/b24-23-,26-25+. The molecule has 8 nitrogen and oxygen atoms in total. The van der Waals surface area contributed by atoms with Crippen LogP contribution in [-0.4, -0.2) is 52.3 Å². The predicted octanol–water partition coefficient (Wildman–Crippen LogP) is 3.52. The SMILES string of the molecule is COC(=O)C(=C(\C(=O)OC)c1ccccc1)/C(C(=O)OC)=C(/C(=O)OC)P(c1ccccc1)c1ccccc1. The molecule has 0 aliphatic heterocycles. The zero-order valence-electron chi connectivity index (χ0n) is 21.9. The summed E-state index contributed by atoms with van der Waals surface area (Å²) in [5, 5.41) is 1.21. The number of benzene rings is 3. The summed E-state index contributed by atoms with van der Waals surface area (Å²) in [6.45, 7) is 0. The van der Waals surface area contributed by atoms with E-state index in [1.165, 1.54) is 7.11 Å². The molecule has 0 amide bonds. The third-order valence-corrected chi connectivity index (χ3v) is 8.08. The minimum Gasteiger partial charge on any atom is -0.465 e. The fraction of sp³-hybridized carbons (Fsp3) is 0.133. The molecule has 0 saturated heterocycles. The Hall–Kier alpha value is -4.55. The van der Waals surface area contributed by atoms with Crippen molar-refractivity contribution < 1.29 is 38.1 Å². The highest BCUT2D eigenvalue weighted by Crippen LogP contribution is 2.47. The first-order valence-electron chi connectivity index (χ1n) is 11.7. The minimum absolute atomic E-state index is 0.158. The van der Waals surface area contributed by atoms with Crippen LogP contribution in [0.4, 0.5) is 0 Å². The van der Waals surface area contributed by atoms with Crippen LogP contribution < -0.4 is 10.6 Å². The zero-order chi connectivity index (χ0) is 28.4. The van der Waals surface area contributed by atoms with Gasteiger partial charge in [0, 0.05) is 0 Å². The maximum absolute atomic E-state index is 13.6. The van der Waals surface area contributed by atoms with Gasteiger partial charge in [0.1, 0.15) is 0 Å². The van der Waals surface area contributed by atoms with Crippen molar-refractivity contribution in [3.05, 3.63) is 113 Å². The van der Waals surface area contributed by atoms with Crippen molar-refractivity contribution in [2.24, 2.45) is 0 Å². The third kappa shape index (κ3) is 6.48. The third-order valence-electron chi connectivity index (χ3n) is 5.60. The summed E-state index contributed by atoms with van der Waals surface area (Å²) in [6.07, 6.45) is 0. The van der Waals surface area contributed by atoms with Crippen LogP contribution >= 0.6 is 7.92 Å². The summed E-state index contributed by atoms with van der Waals surface area (Å²) >= 11 is 0. The summed E-state index contributed by atoms with van der Waals surface area (Å²) in [6, 6.07) is 26.2. The molecule has 0 heterocycles. The lowest BCUT2D eigenvalue weighted by atomic mass is 9.93. The van der Waals surface area contributed by atoms with Gasteiger partial charge in [-0.25, -0.2) is 19.2 Å². The van der Waals surface area contributed by atoms with Crippen LogP contribution in [0.3, 0.4) is 0 Å². The van der Waals surface area contributed by atoms with Crippen LogP contribution in [0.1, 0.15) is 5.56 Å². The van der Waals surface area contributed by atoms with Gasteiger partial charge >= 0.3 is 23.9 Å². The normalized spacial score (nSPS) is 12.0. The number of ether oxygens (including phenoxy) is 4. The van der Waals surface area contributed by atoms with Crippen molar-refractivity contribution in [2.75, 3.05) is 28.4 Å². The van der Waals surface area contributed by atoms with Gasteiger partial charge in [-0.2, -0.15) is 0 Å². The van der Waals surface area contributed by atoms with Crippen molar-refractivity contribution in [3.63, 3.8) is 0 Å². The number of methoxy groups -OCH3 is 4. The van der Waals surface area contributed by atoms with Gasteiger partial charge in [-0.1, -0.05) is 91.0 Å². The van der Waals surface area contributed by atoms with Crippen molar-refractivity contribution in [1.82, 2.24) is 0 Å². The number of carbonyl (C=O) groups is 4. The molecular formula is C30H27O8P. The lowest BCUT2D eigenvalue weighted by Crippen LogP contribution is -2.26. The highest BCUT2D eigenvalue weighted by molar-refractivity contribution is 7.78. The molecule has 0 aliphatic carbocycles. The molecule has 0 unspecified atom stereocenters. The van der Waals surface area contributed by atoms with E-state index in [2.05, 4.69) is 0 Å². The highest BCUT2D eigenvalue weighted by atomic mass is 31.1. The fourth-order valence-corrected chi connectivity index (χ4v) is 6.34. The van der Waals surface area contributed by atoms with E-state index in [-0.39, 0.29) is 16.5 Å². The van der Waals surface area contributed by atoms with Gasteiger partial charge in [0.25, 0.3) is 0 Å². The second kappa shape index (κ2) is 13.8. The number of rotatable bonds is 9. The molecule has 0 bridgehead atoms. The minimum atomic E-state index is -1.81. The predicted molar refractivity (Wildman–Crippen MR) is 148 cm³/mol. The van der Waals surface area contributed by atoms with E-state index >= 15 is 0 Å². The van der Waals surface area contributed by atoms with Crippen LogP contribution in [0.15, 0.2) is 107 Å². The van der Waals surface area contributed by atoms with E-state index in [1.54, 1.807) is 78.9 Å². The average molecular weight is 547 g/mol. The Morgan fingerprint density at radius 1 is 0.487 bits per heavy atom. The second-order valence-electron chi connectivity index (χ2n) is 7.81. The quantitative estimate of drug-likeness (QED) is 0.132. The summed E-state index contributed by atoms with van der Waals surface area (Å²) in [5.41, 5.74) is -0.955. The maximum atomic E-state index is 13.6. The molecule has 0 aromatic heterocycles. The molecule has 0 fully saturated rings. The lowest BCUT2D eigenvalue weighted by molar-refractivity contribution is -0.140. The maximum Gasteiger partial charge on any atom is 0.339 e. The van der Waals surface area contributed by atoms with Crippen molar-refractivity contribution in [2.45, 2.75) is 0 Å². The first-order valence-corrected chi connectivity index (χ1v) is 13.0. The van der Waals surface area contributed by atoms with Crippen LogP contribution in [0.5, 0.6) is 0 Å². The Kier molecular flexibility index (Phi) is 10.3. The molecule has 3 aromatic carbocycles. The highest BCUT2D eigenvalue weighted by Gasteiger charge is 2.39. The summed E-state index contributed by atoms with van der Waals surface area (Å²) in [5.74, 6) is -3.88. The van der Waals surface area contributed by atoms with Gasteiger partial charge in [-0.3, -0.25) is 0 Å². The molecule has 3 aromatic rings. The van der Waals surface area contributed by atoms with Gasteiger partial charge < -0.3 is 18.9 Å². The van der Waals surface area contributed by atoms with Crippen molar-refractivity contribution in [1.29, 1.82) is 0 Å². The Balaban J connectivity index is 2.63. The van der Waals surface area contributed by atoms with Crippen LogP contribution in [0.2, 0.25) is 0 Å². The van der Waals surface area contributed by atoms with Crippen LogP contribution in [-0.2, 0) is 38.1 Å². The Bertz CT molecular complexity index is 1360. The molecular weight excluding hydrogens is 519 g/mol. The van der Waals surface area contributed by atoms with E-state index in [0.29, 0.717) is 10.6 Å². The van der Waals surface area contributed by atoms with Crippen molar-refractivity contribution in [3.8, 4) is 0 Å². The molecule has 0 atom stereocenters. The largest absolute Gasteiger partial charge is 0.465 e. The number of hydrogen-bond donors (Lipinski definition) is 0. The topological polar surface area (TPSA) is 105 Å². The molecule has 0 saturated carbocycles. The molecule has 0 N–H and O–H groups in total. The number of hydrogen-bond acceptors (Lipinski definition) is 8. The van der Waals surface area contributed by atoms with Crippen LogP contribution in [0.25, 0.3) is 5.57 Å². The van der Waals surface area contributed by atoms with Gasteiger partial charge in [0.15, 0.2) is 0 Å².